The van der Waals surface area contributed by atoms with Crippen LogP contribution in [0.15, 0.2) is 30.3 Å². The van der Waals surface area contributed by atoms with Gasteiger partial charge in [0, 0.05) is 33.2 Å². The van der Waals surface area contributed by atoms with E-state index < -0.39 is 10.2 Å². The molecule has 5 nitrogen and oxygen atoms in total. The molecular formula is C15H25N3O2S. The van der Waals surface area contributed by atoms with Crippen molar-refractivity contribution in [2.24, 2.45) is 0 Å². The molecule has 0 saturated heterocycles. The molecule has 2 rings (SSSR count). The average molecular weight is 311 g/mol. The molecule has 1 N–H and O–H groups in total. The maximum absolute atomic E-state index is 12.4. The average Bonchev–Trinajstić information content (AvgIpc) is 3.28. The van der Waals surface area contributed by atoms with Crippen molar-refractivity contribution in [3.63, 3.8) is 0 Å². The molecule has 0 amide bonds. The van der Waals surface area contributed by atoms with Gasteiger partial charge in [-0.3, -0.25) is 0 Å². The van der Waals surface area contributed by atoms with E-state index in [-0.39, 0.29) is 0 Å². The second kappa shape index (κ2) is 7.35. The molecule has 0 spiro atoms. The first kappa shape index (κ1) is 16.4. The Morgan fingerprint density at radius 2 is 1.81 bits per heavy atom. The number of hydrogen-bond acceptors (Lipinski definition) is 3. The summed E-state index contributed by atoms with van der Waals surface area (Å²) < 4.78 is 27.6. The van der Waals surface area contributed by atoms with E-state index in [0.717, 1.165) is 18.5 Å². The van der Waals surface area contributed by atoms with Crippen molar-refractivity contribution in [3.05, 3.63) is 35.9 Å². The summed E-state index contributed by atoms with van der Waals surface area (Å²) in [5, 5.41) is 3.40. The maximum Gasteiger partial charge on any atom is 0.281 e. The van der Waals surface area contributed by atoms with Gasteiger partial charge in [-0.1, -0.05) is 30.3 Å². The number of nitrogens with one attached hydrogen (secondary N) is 1. The summed E-state index contributed by atoms with van der Waals surface area (Å²) in [6.07, 6.45) is 3.35. The quantitative estimate of drug-likeness (QED) is 0.702. The summed E-state index contributed by atoms with van der Waals surface area (Å²) in [6, 6.07) is 10.3. The zero-order valence-corrected chi connectivity index (χ0v) is 13.6. The van der Waals surface area contributed by atoms with Gasteiger partial charge in [0.05, 0.1) is 0 Å². The van der Waals surface area contributed by atoms with Crippen LogP contribution in [0, 0.1) is 0 Å². The van der Waals surface area contributed by atoms with Crippen molar-refractivity contribution >= 4 is 10.2 Å². The second-order valence-corrected chi connectivity index (χ2v) is 7.80. The first-order chi connectivity index (χ1) is 10.00. The van der Waals surface area contributed by atoms with Crippen molar-refractivity contribution in [2.75, 3.05) is 27.2 Å². The third kappa shape index (κ3) is 5.07. The Morgan fingerprint density at radius 1 is 1.14 bits per heavy atom. The molecule has 1 aromatic rings. The van der Waals surface area contributed by atoms with E-state index >= 15 is 0 Å². The minimum atomic E-state index is -3.38. The van der Waals surface area contributed by atoms with Crippen LogP contribution in [0.25, 0.3) is 0 Å². The number of rotatable bonds is 9. The molecule has 0 unspecified atom stereocenters. The normalized spacial score (nSPS) is 15.8. The molecule has 1 aliphatic rings. The van der Waals surface area contributed by atoms with Gasteiger partial charge >= 0.3 is 0 Å². The number of benzene rings is 1. The molecule has 0 radical (unpaired) electrons. The van der Waals surface area contributed by atoms with E-state index in [1.807, 2.05) is 30.3 Å². The summed E-state index contributed by atoms with van der Waals surface area (Å²) in [6.45, 7) is 1.82. The number of nitrogens with zero attached hydrogens (tertiary/aromatic N) is 2. The van der Waals surface area contributed by atoms with Crippen LogP contribution < -0.4 is 5.32 Å². The zero-order valence-electron chi connectivity index (χ0n) is 12.8. The van der Waals surface area contributed by atoms with Crippen LogP contribution in [0.3, 0.4) is 0 Å². The van der Waals surface area contributed by atoms with Gasteiger partial charge in [0.25, 0.3) is 10.2 Å². The van der Waals surface area contributed by atoms with Crippen LogP contribution in [-0.4, -0.2) is 50.3 Å². The highest BCUT2D eigenvalue weighted by atomic mass is 32.2. The molecule has 0 atom stereocenters. The van der Waals surface area contributed by atoms with Gasteiger partial charge < -0.3 is 5.32 Å². The Morgan fingerprint density at radius 3 is 2.43 bits per heavy atom. The van der Waals surface area contributed by atoms with E-state index in [4.69, 9.17) is 0 Å². The van der Waals surface area contributed by atoms with E-state index in [9.17, 15) is 8.42 Å². The van der Waals surface area contributed by atoms with Gasteiger partial charge in [0.2, 0.25) is 0 Å². The molecule has 0 bridgehead atoms. The molecule has 21 heavy (non-hydrogen) atoms. The second-order valence-electron chi connectivity index (χ2n) is 5.65. The highest BCUT2D eigenvalue weighted by molar-refractivity contribution is 7.86. The molecule has 0 aromatic heterocycles. The zero-order chi connectivity index (χ0) is 15.3. The molecule has 1 aliphatic carbocycles. The van der Waals surface area contributed by atoms with Crippen LogP contribution >= 0.6 is 0 Å². The molecule has 0 aliphatic heterocycles. The summed E-state index contributed by atoms with van der Waals surface area (Å²) >= 11 is 0. The van der Waals surface area contributed by atoms with Gasteiger partial charge in [-0.2, -0.15) is 17.0 Å². The van der Waals surface area contributed by atoms with Gasteiger partial charge in [-0.05, 0) is 31.4 Å². The van der Waals surface area contributed by atoms with E-state index in [2.05, 4.69) is 5.32 Å². The smallest absolute Gasteiger partial charge is 0.281 e. The lowest BCUT2D eigenvalue weighted by Crippen LogP contribution is -2.40. The maximum atomic E-state index is 12.4. The summed E-state index contributed by atoms with van der Waals surface area (Å²) in [4.78, 5) is 0. The van der Waals surface area contributed by atoms with Crippen LogP contribution in [0.4, 0.5) is 0 Å². The van der Waals surface area contributed by atoms with E-state index in [1.165, 1.54) is 21.5 Å². The molecule has 1 saturated carbocycles. The standard InChI is InChI=1S/C15H25N3O2S/c1-17(12-6-11-16-15-9-10-15)21(19,20)18(2)13-14-7-4-3-5-8-14/h3-5,7-8,15-16H,6,9-13H2,1-2H3. The molecule has 1 fully saturated rings. The van der Waals surface area contributed by atoms with Gasteiger partial charge in [0.1, 0.15) is 0 Å². The van der Waals surface area contributed by atoms with Crippen molar-refractivity contribution in [2.45, 2.75) is 31.8 Å². The van der Waals surface area contributed by atoms with Crippen molar-refractivity contribution in [3.8, 4) is 0 Å². The predicted octanol–water partition coefficient (Wildman–Crippen LogP) is 1.44. The topological polar surface area (TPSA) is 52.7 Å². The lowest BCUT2D eigenvalue weighted by molar-refractivity contribution is 0.384. The fourth-order valence-corrected chi connectivity index (χ4v) is 3.32. The first-order valence-corrected chi connectivity index (χ1v) is 8.85. The van der Waals surface area contributed by atoms with Crippen molar-refractivity contribution < 1.29 is 8.42 Å². The van der Waals surface area contributed by atoms with Gasteiger partial charge in [-0.25, -0.2) is 0 Å². The fourth-order valence-electron chi connectivity index (χ4n) is 2.17. The summed E-state index contributed by atoms with van der Waals surface area (Å²) in [5.41, 5.74) is 0.993. The van der Waals surface area contributed by atoms with Crippen LogP contribution in [0.1, 0.15) is 24.8 Å². The molecule has 118 valence electrons. The third-order valence-corrected chi connectivity index (χ3v) is 5.58. The minimum Gasteiger partial charge on any atom is -0.314 e. The van der Waals surface area contributed by atoms with Crippen molar-refractivity contribution in [1.29, 1.82) is 0 Å². The number of hydrogen-bond donors (Lipinski definition) is 1. The lowest BCUT2D eigenvalue weighted by Gasteiger charge is -2.24. The summed E-state index contributed by atoms with van der Waals surface area (Å²) in [7, 11) is -0.110. The minimum absolute atomic E-state index is 0.397. The first-order valence-electron chi connectivity index (χ1n) is 7.45. The van der Waals surface area contributed by atoms with Crippen LogP contribution in [0.5, 0.6) is 0 Å². The Kier molecular flexibility index (Phi) is 5.75. The highest BCUT2D eigenvalue weighted by Gasteiger charge is 2.24. The third-order valence-electron chi connectivity index (χ3n) is 3.70. The summed E-state index contributed by atoms with van der Waals surface area (Å²) in [5.74, 6) is 0. The molecule has 6 heteroatoms. The van der Waals surface area contributed by atoms with E-state index in [0.29, 0.717) is 19.1 Å². The largest absolute Gasteiger partial charge is 0.314 e. The van der Waals surface area contributed by atoms with Crippen LogP contribution in [0.2, 0.25) is 0 Å². The predicted molar refractivity (Wildman–Crippen MR) is 85.1 cm³/mol. The lowest BCUT2D eigenvalue weighted by atomic mass is 10.2. The molecule has 1 aromatic carbocycles. The van der Waals surface area contributed by atoms with Gasteiger partial charge in [0.15, 0.2) is 0 Å². The Hall–Kier alpha value is -0.950. The van der Waals surface area contributed by atoms with E-state index in [1.54, 1.807) is 14.1 Å². The monoisotopic (exact) mass is 311 g/mol. The highest BCUT2D eigenvalue weighted by Crippen LogP contribution is 2.18. The fraction of sp³-hybridized carbons (Fsp3) is 0.600. The van der Waals surface area contributed by atoms with Crippen LogP contribution in [-0.2, 0) is 16.8 Å². The Bertz CT molecular complexity index is 529. The SMILES string of the molecule is CN(CCCNC1CC1)S(=O)(=O)N(C)Cc1ccccc1. The molecule has 0 heterocycles. The Balaban J connectivity index is 1.80. The Labute approximate surface area is 128 Å². The van der Waals surface area contributed by atoms with Gasteiger partial charge in [-0.15, -0.1) is 0 Å². The van der Waals surface area contributed by atoms with Crippen molar-refractivity contribution in [1.82, 2.24) is 13.9 Å². The molecular weight excluding hydrogens is 286 g/mol.